The van der Waals surface area contributed by atoms with Gasteiger partial charge in [0.05, 0.1) is 38.1 Å². The Hall–Kier alpha value is -4.20. The highest BCUT2D eigenvalue weighted by atomic mass is 16.7. The van der Waals surface area contributed by atoms with Crippen molar-refractivity contribution >= 4 is 11.7 Å². The molecule has 2 aliphatic carbocycles. The molecule has 2 aromatic carbocycles. The number of amides is 2. The van der Waals surface area contributed by atoms with Gasteiger partial charge in [-0.25, -0.2) is 4.79 Å². The molecule has 55 heavy (non-hydrogen) atoms. The number of aliphatic hydroxyl groups excluding tert-OH is 3. The summed E-state index contributed by atoms with van der Waals surface area (Å²) in [6, 6.07) is 14.7. The molecule has 0 saturated heterocycles. The number of rotatable bonds is 23. The van der Waals surface area contributed by atoms with Crippen molar-refractivity contribution in [1.29, 1.82) is 0 Å². The van der Waals surface area contributed by atoms with Gasteiger partial charge in [-0.05, 0) is 66.9 Å². The summed E-state index contributed by atoms with van der Waals surface area (Å²) in [6.45, 7) is 9.38. The summed E-state index contributed by atoms with van der Waals surface area (Å²) < 4.78 is 25.6. The van der Waals surface area contributed by atoms with Crippen molar-refractivity contribution in [3.8, 4) is 11.5 Å². The number of ether oxygens (including phenoxy) is 4. The molecule has 0 unspecified atom stereocenters. The molecule has 0 aromatic heterocycles. The molecule has 6 atom stereocenters. The number of allylic oxidation sites excluding steroid dienone is 1. The van der Waals surface area contributed by atoms with Crippen molar-refractivity contribution in [2.24, 2.45) is 22.9 Å². The van der Waals surface area contributed by atoms with Crippen LogP contribution in [0.15, 0.2) is 90.6 Å². The predicted molar refractivity (Wildman–Crippen MR) is 211 cm³/mol. The Labute approximate surface area is 325 Å². The summed E-state index contributed by atoms with van der Waals surface area (Å²) in [5, 5.41) is 36.5. The molecule has 1 aliphatic heterocycles. The minimum absolute atomic E-state index is 0.0936. The molecule has 5 rings (SSSR count). The third kappa shape index (κ3) is 10.2. The lowest BCUT2D eigenvalue weighted by Gasteiger charge is -2.59. The molecule has 2 amide bonds. The lowest BCUT2D eigenvalue weighted by atomic mass is 9.55. The van der Waals surface area contributed by atoms with Gasteiger partial charge in [-0.2, -0.15) is 0 Å². The molecule has 12 nitrogen and oxygen atoms in total. The number of urea groups is 1. The van der Waals surface area contributed by atoms with E-state index in [2.05, 4.69) is 30.6 Å². The third-order valence-corrected chi connectivity index (χ3v) is 10.8. The molecule has 1 heterocycles. The zero-order valence-corrected chi connectivity index (χ0v) is 32.2. The fourth-order valence-electron chi connectivity index (χ4n) is 8.39. The van der Waals surface area contributed by atoms with E-state index in [4.69, 9.17) is 34.0 Å². The number of oxime groups is 1. The van der Waals surface area contributed by atoms with Crippen LogP contribution in [0.1, 0.15) is 62.0 Å². The molecule has 0 spiro atoms. The van der Waals surface area contributed by atoms with Crippen LogP contribution in [0.5, 0.6) is 11.5 Å². The molecule has 3 aliphatic rings. The molecule has 300 valence electrons. The van der Waals surface area contributed by atoms with Crippen LogP contribution in [0, 0.1) is 17.8 Å². The van der Waals surface area contributed by atoms with Gasteiger partial charge in [0.15, 0.2) is 0 Å². The number of fused-ring (bicyclic) bond motifs is 2. The number of likely N-dealkylation sites (N-methyl/N-ethyl adjacent to an activating group) is 1. The van der Waals surface area contributed by atoms with Crippen molar-refractivity contribution in [2.45, 2.75) is 69.3 Å². The average molecular weight is 762 g/mol. The maximum absolute atomic E-state index is 14.0. The summed E-state index contributed by atoms with van der Waals surface area (Å²) in [4.78, 5) is 21.7. The fraction of sp³-hybridized carbons (Fsp3) is 0.535. The normalized spacial score (nSPS) is 24.5. The number of nitrogens with zero attached hydrogens (tertiary/aromatic N) is 2. The van der Waals surface area contributed by atoms with Crippen molar-refractivity contribution < 1.29 is 43.9 Å². The van der Waals surface area contributed by atoms with E-state index in [1.165, 1.54) is 0 Å². The second-order valence-corrected chi connectivity index (χ2v) is 14.3. The van der Waals surface area contributed by atoms with E-state index in [-0.39, 0.29) is 83.0 Å². The first kappa shape index (κ1) is 42.0. The van der Waals surface area contributed by atoms with E-state index in [0.29, 0.717) is 36.7 Å². The predicted octanol–water partition coefficient (Wildman–Crippen LogP) is 5.74. The largest absolute Gasteiger partial charge is 0.490 e. The first-order valence-corrected chi connectivity index (χ1v) is 19.6. The van der Waals surface area contributed by atoms with Gasteiger partial charge < -0.3 is 49.3 Å². The first-order chi connectivity index (χ1) is 26.9. The summed E-state index contributed by atoms with van der Waals surface area (Å²) in [7, 11) is 1.74. The molecular formula is C43H59N3O9. The first-order valence-electron chi connectivity index (χ1n) is 19.6. The monoisotopic (exact) mass is 761 g/mol. The molecule has 0 bridgehead atoms. The standard InChI is InChI=1S/C43H59N3O9/c1-4-23-52-33-17-18-38-36(28-33)40-34(16-10-12-21-48)32(15-9-11-20-47)27-35-37(45-54-30-31-13-7-6-8-14-31)29-39(43(55-38,41(35)40)53-24-5-2)46(3)42(50)44-19-25-51-26-22-49/h4-8,13-14,17-18,27-28,32,34,39-41,47-49H,1-2,9-12,15-16,19-26,29-30H2,3H3,(H,44,50)/t32-,34+,39-,40+,41+,43+/m0/s1. The number of hydrogen-bond donors (Lipinski definition) is 4. The Morgan fingerprint density at radius 3 is 2.49 bits per heavy atom. The second kappa shape index (κ2) is 21.2. The molecule has 1 fully saturated rings. The molecule has 1 saturated carbocycles. The Morgan fingerprint density at radius 2 is 1.76 bits per heavy atom. The van der Waals surface area contributed by atoms with Crippen LogP contribution in [0.3, 0.4) is 0 Å². The average Bonchev–Trinajstić information content (AvgIpc) is 3.20. The summed E-state index contributed by atoms with van der Waals surface area (Å²) >= 11 is 0. The molecule has 0 radical (unpaired) electrons. The van der Waals surface area contributed by atoms with E-state index in [0.717, 1.165) is 42.4 Å². The van der Waals surface area contributed by atoms with E-state index in [1.54, 1.807) is 24.1 Å². The minimum atomic E-state index is -1.36. The summed E-state index contributed by atoms with van der Waals surface area (Å²) in [5.74, 6) is -0.404. The maximum Gasteiger partial charge on any atom is 0.317 e. The summed E-state index contributed by atoms with van der Waals surface area (Å²) in [5.41, 5.74) is 3.63. The van der Waals surface area contributed by atoms with E-state index in [9.17, 15) is 15.0 Å². The Kier molecular flexibility index (Phi) is 16.2. The lowest BCUT2D eigenvalue weighted by molar-refractivity contribution is -0.252. The van der Waals surface area contributed by atoms with Crippen molar-refractivity contribution in [3.63, 3.8) is 0 Å². The number of nitrogens with one attached hydrogen (secondary N) is 1. The zero-order chi connectivity index (χ0) is 39.0. The molecular weight excluding hydrogens is 702 g/mol. The summed E-state index contributed by atoms with van der Waals surface area (Å²) in [6.07, 6.45) is 10.7. The van der Waals surface area contributed by atoms with Gasteiger partial charge in [-0.3, -0.25) is 0 Å². The van der Waals surface area contributed by atoms with Gasteiger partial charge in [-0.1, -0.05) is 73.1 Å². The van der Waals surface area contributed by atoms with E-state index >= 15 is 0 Å². The Morgan fingerprint density at radius 1 is 1.00 bits per heavy atom. The van der Waals surface area contributed by atoms with Crippen LogP contribution in [-0.4, -0.2) is 104 Å². The number of aliphatic hydroxyl groups is 3. The number of carbonyl (C=O) groups is 1. The number of unbranched alkanes of at least 4 members (excludes halogenated alkanes) is 2. The van der Waals surface area contributed by atoms with Crippen LogP contribution in [-0.2, 0) is 20.9 Å². The fourth-order valence-corrected chi connectivity index (χ4v) is 8.39. The Balaban J connectivity index is 1.68. The highest BCUT2D eigenvalue weighted by Gasteiger charge is 2.65. The van der Waals surface area contributed by atoms with E-state index < -0.39 is 17.7 Å². The number of carbonyl (C=O) groups excluding carboxylic acids is 1. The van der Waals surface area contributed by atoms with Crippen molar-refractivity contribution in [1.82, 2.24) is 10.2 Å². The van der Waals surface area contributed by atoms with Gasteiger partial charge in [0.1, 0.15) is 30.8 Å². The van der Waals surface area contributed by atoms with Crippen molar-refractivity contribution in [2.75, 3.05) is 59.8 Å². The number of benzene rings is 2. The molecule has 4 N–H and O–H groups in total. The van der Waals surface area contributed by atoms with Gasteiger partial charge in [0.25, 0.3) is 0 Å². The number of hydrogen-bond acceptors (Lipinski definition) is 10. The minimum Gasteiger partial charge on any atom is -0.490 e. The smallest absolute Gasteiger partial charge is 0.317 e. The van der Waals surface area contributed by atoms with Gasteiger partial charge in [-0.15, -0.1) is 6.58 Å². The highest BCUT2D eigenvalue weighted by Crippen LogP contribution is 2.61. The highest BCUT2D eigenvalue weighted by molar-refractivity contribution is 6.03. The van der Waals surface area contributed by atoms with E-state index in [1.807, 2.05) is 42.5 Å². The zero-order valence-electron chi connectivity index (χ0n) is 32.2. The van der Waals surface area contributed by atoms with Crippen LogP contribution in [0.2, 0.25) is 0 Å². The molecule has 12 heteroatoms. The van der Waals surface area contributed by atoms with Gasteiger partial charge in [0.2, 0.25) is 5.79 Å². The van der Waals surface area contributed by atoms with Crippen molar-refractivity contribution in [3.05, 3.63) is 96.6 Å². The Bertz CT molecular complexity index is 1600. The lowest BCUT2D eigenvalue weighted by Crippen LogP contribution is -2.70. The van der Waals surface area contributed by atoms with Crippen LogP contribution in [0.4, 0.5) is 4.79 Å². The SMILES string of the molecule is C=CCOc1ccc2c(c1)[C@H]1[C@H](CCCCO)[C@@H](CCCCO)C=C3C(=NOCc4ccccc4)C[C@H](N(C)C(=O)NCCOCCO)[C@@](OCC=C)(O2)[C@H]31. The topological polar surface area (TPSA) is 152 Å². The van der Waals surface area contributed by atoms with Crippen LogP contribution in [0.25, 0.3) is 0 Å². The second-order valence-electron chi connectivity index (χ2n) is 14.3. The van der Waals surface area contributed by atoms with Crippen LogP contribution < -0.4 is 14.8 Å². The third-order valence-electron chi connectivity index (χ3n) is 10.8. The quantitative estimate of drug-likeness (QED) is 0.0632. The molecule has 2 aromatic rings. The maximum atomic E-state index is 14.0. The van der Waals surface area contributed by atoms with Crippen LogP contribution >= 0.6 is 0 Å². The van der Waals surface area contributed by atoms with Gasteiger partial charge in [0, 0.05) is 44.7 Å². The van der Waals surface area contributed by atoms with Gasteiger partial charge >= 0.3 is 6.03 Å².